The number of methoxy groups -OCH3 is 2. The van der Waals surface area contributed by atoms with Crippen LogP contribution in [-0.4, -0.2) is 34.8 Å². The van der Waals surface area contributed by atoms with E-state index in [9.17, 15) is 9.59 Å². The zero-order chi connectivity index (χ0) is 19.6. The molecule has 0 aliphatic rings. The lowest BCUT2D eigenvalue weighted by Gasteiger charge is -2.13. The number of hydrogen-bond acceptors (Lipinski definition) is 8. The van der Waals surface area contributed by atoms with E-state index >= 15 is 0 Å². The van der Waals surface area contributed by atoms with Crippen molar-refractivity contribution in [2.24, 2.45) is 0 Å². The number of fused-ring (bicyclic) bond motifs is 1. The van der Waals surface area contributed by atoms with Crippen LogP contribution in [0.2, 0.25) is 0 Å². The summed E-state index contributed by atoms with van der Waals surface area (Å²) in [5, 5.41) is 4.26. The van der Waals surface area contributed by atoms with Crippen LogP contribution in [0.15, 0.2) is 16.9 Å². The molecule has 0 saturated carbocycles. The maximum Gasteiger partial charge on any atom is 0.308 e. The highest BCUT2D eigenvalue weighted by Gasteiger charge is 2.16. The first kappa shape index (κ1) is 18.8. The number of thiazole rings is 1. The van der Waals surface area contributed by atoms with Gasteiger partial charge in [-0.2, -0.15) is 4.52 Å². The van der Waals surface area contributed by atoms with Gasteiger partial charge in [-0.05, 0) is 30.2 Å². The molecule has 2 aromatic heterocycles. The molecule has 3 rings (SSSR count). The minimum absolute atomic E-state index is 0.193. The van der Waals surface area contributed by atoms with Crippen molar-refractivity contribution < 1.29 is 19.0 Å². The van der Waals surface area contributed by atoms with Gasteiger partial charge >= 0.3 is 5.97 Å². The maximum absolute atomic E-state index is 12.6. The molecule has 0 unspecified atom stereocenters. The Labute approximate surface area is 159 Å². The fourth-order valence-corrected chi connectivity index (χ4v) is 3.51. The fourth-order valence-electron chi connectivity index (χ4n) is 2.58. The highest BCUT2D eigenvalue weighted by molar-refractivity contribution is 7.15. The van der Waals surface area contributed by atoms with E-state index in [1.807, 2.05) is 6.92 Å². The highest BCUT2D eigenvalue weighted by Crippen LogP contribution is 2.38. The first-order valence-corrected chi connectivity index (χ1v) is 9.13. The van der Waals surface area contributed by atoms with Crippen molar-refractivity contribution in [1.29, 1.82) is 0 Å². The summed E-state index contributed by atoms with van der Waals surface area (Å²) in [4.78, 5) is 28.8. The van der Waals surface area contributed by atoms with E-state index in [1.54, 1.807) is 18.2 Å². The van der Waals surface area contributed by atoms with Crippen LogP contribution in [0.5, 0.6) is 17.2 Å². The molecule has 142 valence electrons. The van der Waals surface area contributed by atoms with E-state index < -0.39 is 5.97 Å². The number of carbonyl (C=O) groups excluding carboxylic acids is 1. The lowest BCUT2D eigenvalue weighted by atomic mass is 10.1. The first-order valence-electron chi connectivity index (χ1n) is 8.31. The lowest BCUT2D eigenvalue weighted by Crippen LogP contribution is -2.23. The maximum atomic E-state index is 12.6. The van der Waals surface area contributed by atoms with Crippen LogP contribution in [0.1, 0.15) is 31.7 Å². The van der Waals surface area contributed by atoms with Crippen LogP contribution in [0.3, 0.4) is 0 Å². The van der Waals surface area contributed by atoms with E-state index in [1.165, 1.54) is 37.0 Å². The van der Waals surface area contributed by atoms with Gasteiger partial charge in [0.15, 0.2) is 17.3 Å². The van der Waals surface area contributed by atoms with Crippen molar-refractivity contribution in [3.05, 3.63) is 38.4 Å². The van der Waals surface area contributed by atoms with Crippen molar-refractivity contribution in [2.75, 3.05) is 14.2 Å². The van der Waals surface area contributed by atoms with Crippen LogP contribution in [0, 0.1) is 0 Å². The van der Waals surface area contributed by atoms with Gasteiger partial charge in [0.2, 0.25) is 10.7 Å². The molecule has 0 amide bonds. The van der Waals surface area contributed by atoms with Crippen molar-refractivity contribution in [3.8, 4) is 17.2 Å². The van der Waals surface area contributed by atoms with E-state index in [0.717, 1.165) is 12.8 Å². The Hall–Kier alpha value is -2.94. The minimum Gasteiger partial charge on any atom is -0.493 e. The average molecular weight is 389 g/mol. The Morgan fingerprint density at radius 1 is 1.26 bits per heavy atom. The second-order valence-electron chi connectivity index (χ2n) is 5.74. The van der Waals surface area contributed by atoms with Crippen molar-refractivity contribution >= 4 is 28.3 Å². The summed E-state index contributed by atoms with van der Waals surface area (Å²) in [5.74, 6) is 1.03. The largest absolute Gasteiger partial charge is 0.493 e. The summed E-state index contributed by atoms with van der Waals surface area (Å²) in [6, 6.07) is 3.33. The molecule has 0 atom stereocenters. The summed E-state index contributed by atoms with van der Waals surface area (Å²) < 4.78 is 17.6. The standard InChI is InChI=1S/C18H19N3O5S/c1-5-6-15-19-18-21(20-15)17(23)14(27-18)9-11-7-12(24-3)16(26-10(2)22)13(8-11)25-4/h7-9H,5-6H2,1-4H3/b14-9-. The molecule has 0 spiro atoms. The lowest BCUT2D eigenvalue weighted by molar-refractivity contribution is -0.132. The first-order chi connectivity index (χ1) is 13.0. The van der Waals surface area contributed by atoms with Crippen molar-refractivity contribution in [2.45, 2.75) is 26.7 Å². The molecule has 27 heavy (non-hydrogen) atoms. The predicted octanol–water partition coefficient (Wildman–Crippen LogP) is 1.59. The molecule has 3 aromatic rings. The Bertz CT molecular complexity index is 1080. The Morgan fingerprint density at radius 3 is 2.44 bits per heavy atom. The third-order valence-electron chi connectivity index (χ3n) is 3.73. The van der Waals surface area contributed by atoms with Gasteiger partial charge in [0.1, 0.15) is 0 Å². The molecular formula is C18H19N3O5S. The molecule has 0 radical (unpaired) electrons. The zero-order valence-electron chi connectivity index (χ0n) is 15.4. The summed E-state index contributed by atoms with van der Waals surface area (Å²) in [5.41, 5.74) is 0.432. The van der Waals surface area contributed by atoms with Gasteiger partial charge < -0.3 is 14.2 Å². The van der Waals surface area contributed by atoms with Gasteiger partial charge in [-0.3, -0.25) is 9.59 Å². The zero-order valence-corrected chi connectivity index (χ0v) is 16.3. The number of aromatic nitrogens is 3. The summed E-state index contributed by atoms with van der Waals surface area (Å²) in [7, 11) is 2.92. The molecule has 1 aromatic carbocycles. The fraction of sp³-hybridized carbons (Fsp3) is 0.333. The number of rotatable bonds is 6. The van der Waals surface area contributed by atoms with Crippen LogP contribution in [-0.2, 0) is 11.2 Å². The second kappa shape index (κ2) is 7.75. The number of aryl methyl sites for hydroxylation is 1. The van der Waals surface area contributed by atoms with Crippen LogP contribution in [0.25, 0.3) is 11.0 Å². The van der Waals surface area contributed by atoms with E-state index in [4.69, 9.17) is 14.2 Å². The van der Waals surface area contributed by atoms with Gasteiger partial charge in [-0.15, -0.1) is 5.10 Å². The van der Waals surface area contributed by atoms with Gasteiger partial charge in [0.05, 0.1) is 18.8 Å². The molecule has 0 aliphatic carbocycles. The van der Waals surface area contributed by atoms with Gasteiger partial charge in [0.25, 0.3) is 5.56 Å². The third-order valence-corrected chi connectivity index (χ3v) is 4.68. The van der Waals surface area contributed by atoms with Crippen LogP contribution in [0.4, 0.5) is 0 Å². The molecule has 9 heteroatoms. The second-order valence-corrected chi connectivity index (χ2v) is 6.75. The van der Waals surface area contributed by atoms with Gasteiger partial charge in [0, 0.05) is 13.3 Å². The number of benzene rings is 1. The van der Waals surface area contributed by atoms with Crippen LogP contribution < -0.4 is 24.3 Å². The van der Waals surface area contributed by atoms with E-state index in [2.05, 4.69) is 10.1 Å². The summed E-state index contributed by atoms with van der Waals surface area (Å²) in [6.07, 6.45) is 3.35. The molecule has 8 nitrogen and oxygen atoms in total. The van der Waals surface area contributed by atoms with Crippen molar-refractivity contribution in [3.63, 3.8) is 0 Å². The van der Waals surface area contributed by atoms with Crippen molar-refractivity contribution in [1.82, 2.24) is 14.6 Å². The Morgan fingerprint density at radius 2 is 1.93 bits per heavy atom. The molecular weight excluding hydrogens is 370 g/mol. The van der Waals surface area contributed by atoms with E-state index in [-0.39, 0.29) is 11.3 Å². The topological polar surface area (TPSA) is 92.0 Å². The monoisotopic (exact) mass is 389 g/mol. The molecule has 0 saturated heterocycles. The number of ether oxygens (including phenoxy) is 3. The summed E-state index contributed by atoms with van der Waals surface area (Å²) >= 11 is 1.26. The number of hydrogen-bond donors (Lipinski definition) is 0. The number of esters is 1. The normalized spacial score (nSPS) is 11.8. The molecule has 0 N–H and O–H groups in total. The Balaban J connectivity index is 2.10. The quantitative estimate of drug-likeness (QED) is 0.467. The third kappa shape index (κ3) is 3.77. The molecule has 0 fully saturated rings. The van der Waals surface area contributed by atoms with Gasteiger partial charge in [-0.25, -0.2) is 4.98 Å². The molecule has 0 aliphatic heterocycles. The number of nitrogens with zero attached hydrogens (tertiary/aromatic N) is 3. The highest BCUT2D eigenvalue weighted by atomic mass is 32.1. The molecule has 0 bridgehead atoms. The Kier molecular flexibility index (Phi) is 5.41. The smallest absolute Gasteiger partial charge is 0.308 e. The van der Waals surface area contributed by atoms with Crippen LogP contribution >= 0.6 is 11.3 Å². The van der Waals surface area contributed by atoms with Gasteiger partial charge in [-0.1, -0.05) is 18.3 Å². The summed E-state index contributed by atoms with van der Waals surface area (Å²) in [6.45, 7) is 3.33. The van der Waals surface area contributed by atoms with E-state index in [0.29, 0.717) is 32.4 Å². The number of carbonyl (C=O) groups is 1. The SMILES string of the molecule is CCCc1nc2s/c(=C\c3cc(OC)c(OC(C)=O)c(OC)c3)c(=O)n2n1. The minimum atomic E-state index is -0.487. The predicted molar refractivity (Wildman–Crippen MR) is 101 cm³/mol. The molecule has 2 heterocycles. The average Bonchev–Trinajstić information content (AvgIpc) is 3.15.